The molecule has 24 heavy (non-hydrogen) atoms. The fourth-order valence-electron chi connectivity index (χ4n) is 2.35. The van der Waals surface area contributed by atoms with Gasteiger partial charge in [0.15, 0.2) is 13.2 Å². The zero-order valence-corrected chi connectivity index (χ0v) is 15.3. The monoisotopic (exact) mass is 393 g/mol. The molecule has 0 atom stereocenters. The van der Waals surface area contributed by atoms with E-state index in [-0.39, 0.29) is 34.9 Å². The SMILES string of the molecule is O=C(COc1cc(Cl)c(Cl)cc1Cl)OCC(=O)N1CCCCCC1. The molecule has 8 heteroatoms. The molecule has 0 unspecified atom stereocenters. The molecule has 2 rings (SSSR count). The van der Waals surface area contributed by atoms with E-state index >= 15 is 0 Å². The lowest BCUT2D eigenvalue weighted by atomic mass is 10.2. The zero-order chi connectivity index (χ0) is 17.5. The van der Waals surface area contributed by atoms with Crippen LogP contribution in [0.5, 0.6) is 5.75 Å². The molecule has 1 aromatic carbocycles. The van der Waals surface area contributed by atoms with Crippen molar-refractivity contribution in [3.63, 3.8) is 0 Å². The lowest BCUT2D eigenvalue weighted by Crippen LogP contribution is -2.35. The van der Waals surface area contributed by atoms with Gasteiger partial charge in [-0.2, -0.15) is 0 Å². The Balaban J connectivity index is 1.77. The van der Waals surface area contributed by atoms with E-state index in [0.717, 1.165) is 25.7 Å². The van der Waals surface area contributed by atoms with Crippen LogP contribution in [-0.4, -0.2) is 43.1 Å². The molecule has 0 saturated carbocycles. The summed E-state index contributed by atoms with van der Waals surface area (Å²) in [6.07, 6.45) is 4.22. The van der Waals surface area contributed by atoms with Gasteiger partial charge in [-0.05, 0) is 18.9 Å². The summed E-state index contributed by atoms with van der Waals surface area (Å²) in [5.74, 6) is -0.611. The van der Waals surface area contributed by atoms with E-state index in [1.165, 1.54) is 12.1 Å². The third-order valence-corrected chi connectivity index (χ3v) is 4.65. The Hall–Kier alpha value is -1.17. The number of ether oxygens (including phenoxy) is 2. The predicted molar refractivity (Wildman–Crippen MR) is 93.0 cm³/mol. The summed E-state index contributed by atoms with van der Waals surface area (Å²) in [4.78, 5) is 25.5. The Morgan fingerprint density at radius 3 is 2.21 bits per heavy atom. The van der Waals surface area contributed by atoms with E-state index in [1.54, 1.807) is 4.90 Å². The zero-order valence-electron chi connectivity index (χ0n) is 13.0. The number of benzene rings is 1. The molecule has 1 amide bonds. The number of likely N-dealkylation sites (tertiary alicyclic amines) is 1. The Morgan fingerprint density at radius 1 is 0.917 bits per heavy atom. The summed E-state index contributed by atoms with van der Waals surface area (Å²) in [6.45, 7) is 0.778. The van der Waals surface area contributed by atoms with Gasteiger partial charge in [-0.25, -0.2) is 4.79 Å². The predicted octanol–water partition coefficient (Wildman–Crippen LogP) is 3.97. The van der Waals surface area contributed by atoms with Gasteiger partial charge in [0.25, 0.3) is 5.91 Å². The number of amides is 1. The van der Waals surface area contributed by atoms with Gasteiger partial charge in [0.2, 0.25) is 0 Å². The maximum Gasteiger partial charge on any atom is 0.344 e. The molecule has 0 aliphatic carbocycles. The van der Waals surface area contributed by atoms with Crippen molar-refractivity contribution in [1.29, 1.82) is 0 Å². The molecule has 0 radical (unpaired) electrons. The number of nitrogens with zero attached hydrogens (tertiary/aromatic N) is 1. The van der Waals surface area contributed by atoms with Gasteiger partial charge < -0.3 is 14.4 Å². The summed E-state index contributed by atoms with van der Waals surface area (Å²) in [5.41, 5.74) is 0. The van der Waals surface area contributed by atoms with Gasteiger partial charge >= 0.3 is 5.97 Å². The summed E-state index contributed by atoms with van der Waals surface area (Å²) in [6, 6.07) is 2.84. The molecule has 1 aliphatic rings. The average molecular weight is 395 g/mol. The Bertz CT molecular complexity index is 601. The van der Waals surface area contributed by atoms with Crippen molar-refractivity contribution in [2.24, 2.45) is 0 Å². The first-order chi connectivity index (χ1) is 11.5. The largest absolute Gasteiger partial charge is 0.480 e. The Morgan fingerprint density at radius 2 is 1.54 bits per heavy atom. The average Bonchev–Trinajstić information content (AvgIpc) is 2.84. The van der Waals surface area contributed by atoms with Crippen molar-refractivity contribution >= 4 is 46.7 Å². The first-order valence-corrected chi connectivity index (χ1v) is 8.81. The van der Waals surface area contributed by atoms with Crippen LogP contribution in [0.25, 0.3) is 0 Å². The van der Waals surface area contributed by atoms with Crippen LogP contribution in [0, 0.1) is 0 Å². The molecule has 1 aliphatic heterocycles. The molecule has 0 bridgehead atoms. The minimum absolute atomic E-state index is 0.183. The van der Waals surface area contributed by atoms with Crippen LogP contribution < -0.4 is 4.74 Å². The van der Waals surface area contributed by atoms with E-state index in [1.807, 2.05) is 0 Å². The maximum atomic E-state index is 12.0. The fourth-order valence-corrected chi connectivity index (χ4v) is 2.94. The van der Waals surface area contributed by atoms with Crippen molar-refractivity contribution in [1.82, 2.24) is 4.90 Å². The lowest BCUT2D eigenvalue weighted by molar-refractivity contribution is -0.153. The second-order valence-electron chi connectivity index (χ2n) is 5.44. The smallest absolute Gasteiger partial charge is 0.344 e. The highest BCUT2D eigenvalue weighted by molar-refractivity contribution is 6.43. The molecule has 1 heterocycles. The van der Waals surface area contributed by atoms with E-state index < -0.39 is 5.97 Å². The summed E-state index contributed by atoms with van der Waals surface area (Å²) < 4.78 is 10.2. The fraction of sp³-hybridized carbons (Fsp3) is 0.500. The van der Waals surface area contributed by atoms with E-state index in [9.17, 15) is 9.59 Å². The number of carbonyl (C=O) groups excluding carboxylic acids is 2. The van der Waals surface area contributed by atoms with Crippen molar-refractivity contribution in [2.75, 3.05) is 26.3 Å². The van der Waals surface area contributed by atoms with Crippen LogP contribution in [0.4, 0.5) is 0 Å². The molecule has 132 valence electrons. The molecular formula is C16H18Cl3NO4. The van der Waals surface area contributed by atoms with Gasteiger partial charge in [-0.15, -0.1) is 0 Å². The standard InChI is InChI=1S/C16H18Cl3NO4/c17-11-7-13(19)14(8-12(11)18)23-10-16(22)24-9-15(21)20-5-3-1-2-4-6-20/h7-8H,1-6,9-10H2. The normalized spacial score (nSPS) is 14.9. The second-order valence-corrected chi connectivity index (χ2v) is 6.66. The minimum atomic E-state index is -0.652. The summed E-state index contributed by atoms with van der Waals surface area (Å²) in [5, 5.41) is 0.790. The first-order valence-electron chi connectivity index (χ1n) is 7.68. The molecule has 0 spiro atoms. The molecular weight excluding hydrogens is 377 g/mol. The summed E-state index contributed by atoms with van der Waals surface area (Å²) >= 11 is 17.6. The number of esters is 1. The number of carbonyl (C=O) groups is 2. The highest BCUT2D eigenvalue weighted by atomic mass is 35.5. The number of halogens is 3. The molecule has 1 saturated heterocycles. The summed E-state index contributed by atoms with van der Waals surface area (Å²) in [7, 11) is 0. The van der Waals surface area contributed by atoms with Crippen LogP contribution in [0.2, 0.25) is 15.1 Å². The first kappa shape index (κ1) is 19.2. The van der Waals surface area contributed by atoms with Crippen LogP contribution in [0.1, 0.15) is 25.7 Å². The molecule has 1 fully saturated rings. The van der Waals surface area contributed by atoms with E-state index in [4.69, 9.17) is 44.3 Å². The Labute approximate surface area is 155 Å². The van der Waals surface area contributed by atoms with Crippen LogP contribution >= 0.6 is 34.8 Å². The molecule has 0 N–H and O–H groups in total. The molecule has 1 aromatic rings. The third kappa shape index (κ3) is 5.72. The maximum absolute atomic E-state index is 12.0. The lowest BCUT2D eigenvalue weighted by Gasteiger charge is -2.19. The van der Waals surface area contributed by atoms with E-state index in [2.05, 4.69) is 0 Å². The minimum Gasteiger partial charge on any atom is -0.480 e. The van der Waals surface area contributed by atoms with Crippen LogP contribution in [0.3, 0.4) is 0 Å². The van der Waals surface area contributed by atoms with Gasteiger partial charge in [0.1, 0.15) is 5.75 Å². The van der Waals surface area contributed by atoms with Crippen molar-refractivity contribution < 1.29 is 19.1 Å². The highest BCUT2D eigenvalue weighted by Crippen LogP contribution is 2.33. The van der Waals surface area contributed by atoms with Crippen LogP contribution in [0.15, 0.2) is 12.1 Å². The second kappa shape index (κ2) is 9.35. The Kier molecular flexibility index (Phi) is 7.46. The van der Waals surface area contributed by atoms with E-state index in [0.29, 0.717) is 18.1 Å². The van der Waals surface area contributed by atoms with Crippen molar-refractivity contribution in [3.8, 4) is 5.75 Å². The number of hydrogen-bond acceptors (Lipinski definition) is 4. The van der Waals surface area contributed by atoms with Crippen molar-refractivity contribution in [3.05, 3.63) is 27.2 Å². The van der Waals surface area contributed by atoms with Gasteiger partial charge in [-0.1, -0.05) is 47.6 Å². The third-order valence-electron chi connectivity index (χ3n) is 3.64. The quantitative estimate of drug-likeness (QED) is 0.560. The molecule has 0 aromatic heterocycles. The van der Waals surface area contributed by atoms with Gasteiger partial charge in [0, 0.05) is 19.2 Å². The number of rotatable bonds is 5. The van der Waals surface area contributed by atoms with Crippen molar-refractivity contribution in [2.45, 2.75) is 25.7 Å². The molecule has 5 nitrogen and oxygen atoms in total. The highest BCUT2D eigenvalue weighted by Gasteiger charge is 2.17. The van der Waals surface area contributed by atoms with Gasteiger partial charge in [-0.3, -0.25) is 4.79 Å². The van der Waals surface area contributed by atoms with Gasteiger partial charge in [0.05, 0.1) is 15.1 Å². The number of hydrogen-bond donors (Lipinski definition) is 0. The topological polar surface area (TPSA) is 55.8 Å². The van der Waals surface area contributed by atoms with Crippen LogP contribution in [-0.2, 0) is 14.3 Å².